The van der Waals surface area contributed by atoms with E-state index in [1.165, 1.54) is 10.8 Å². The molecule has 118 valence electrons. The molecule has 3 rings (SSSR count). The van der Waals surface area contributed by atoms with E-state index in [1.807, 2.05) is 18.2 Å². The van der Waals surface area contributed by atoms with Crippen molar-refractivity contribution >= 4 is 32.4 Å². The molecule has 0 aliphatic heterocycles. The molecule has 0 bridgehead atoms. The molecule has 0 aliphatic carbocycles. The lowest BCUT2D eigenvalue weighted by atomic mass is 10.1. The van der Waals surface area contributed by atoms with Crippen molar-refractivity contribution in [3.8, 4) is 11.5 Å². The van der Waals surface area contributed by atoms with Gasteiger partial charge in [-0.1, -0.05) is 52.3 Å². The zero-order valence-corrected chi connectivity index (χ0v) is 14.7. The molecule has 0 spiro atoms. The minimum Gasteiger partial charge on any atom is -0.493 e. The van der Waals surface area contributed by atoms with Crippen molar-refractivity contribution in [3.05, 3.63) is 64.6 Å². The van der Waals surface area contributed by atoms with E-state index in [4.69, 9.17) is 9.47 Å². The Labute approximate surface area is 144 Å². The molecule has 0 fully saturated rings. The van der Waals surface area contributed by atoms with Crippen LogP contribution < -0.4 is 14.8 Å². The first-order valence-electron chi connectivity index (χ1n) is 7.35. The van der Waals surface area contributed by atoms with E-state index in [1.54, 1.807) is 14.2 Å². The third kappa shape index (κ3) is 3.27. The van der Waals surface area contributed by atoms with Crippen LogP contribution in [0.15, 0.2) is 59.1 Å². The highest BCUT2D eigenvalue weighted by molar-refractivity contribution is 9.10. The highest BCUT2D eigenvalue weighted by atomic mass is 79.9. The summed E-state index contributed by atoms with van der Waals surface area (Å²) in [6, 6.07) is 18.5. The van der Waals surface area contributed by atoms with Crippen LogP contribution in [0.4, 0.5) is 5.69 Å². The molecule has 4 heteroatoms. The Morgan fingerprint density at radius 2 is 1.74 bits per heavy atom. The number of benzene rings is 3. The maximum Gasteiger partial charge on any atom is 0.165 e. The van der Waals surface area contributed by atoms with Gasteiger partial charge in [0.25, 0.3) is 0 Å². The summed E-state index contributed by atoms with van der Waals surface area (Å²) >= 11 is 3.52. The summed E-state index contributed by atoms with van der Waals surface area (Å²) in [5.74, 6) is 1.47. The van der Waals surface area contributed by atoms with Crippen molar-refractivity contribution in [1.29, 1.82) is 0 Å². The van der Waals surface area contributed by atoms with Crippen LogP contribution in [0.2, 0.25) is 0 Å². The van der Waals surface area contributed by atoms with Gasteiger partial charge in [-0.05, 0) is 23.6 Å². The van der Waals surface area contributed by atoms with Gasteiger partial charge in [-0.15, -0.1) is 0 Å². The van der Waals surface area contributed by atoms with Gasteiger partial charge in [-0.2, -0.15) is 0 Å². The minimum atomic E-state index is 0.646. The number of halogens is 1. The maximum absolute atomic E-state index is 5.51. The minimum absolute atomic E-state index is 0.646. The van der Waals surface area contributed by atoms with E-state index >= 15 is 0 Å². The van der Waals surface area contributed by atoms with Crippen LogP contribution >= 0.6 is 15.9 Å². The third-order valence-electron chi connectivity index (χ3n) is 3.78. The molecule has 0 aromatic heterocycles. The van der Waals surface area contributed by atoms with Gasteiger partial charge in [0.15, 0.2) is 11.5 Å². The Morgan fingerprint density at radius 1 is 0.957 bits per heavy atom. The predicted octanol–water partition coefficient (Wildman–Crippen LogP) is 5.23. The normalized spacial score (nSPS) is 10.6. The van der Waals surface area contributed by atoms with E-state index in [-0.39, 0.29) is 0 Å². The number of ether oxygens (including phenoxy) is 2. The second-order valence-corrected chi connectivity index (χ2v) is 6.10. The SMILES string of the molecule is COc1cc(Br)cc(CNc2cccc3ccccc23)c1OC. The number of rotatable bonds is 5. The average molecular weight is 372 g/mol. The molecule has 23 heavy (non-hydrogen) atoms. The van der Waals surface area contributed by atoms with Crippen molar-refractivity contribution in [2.75, 3.05) is 19.5 Å². The molecule has 0 aliphatic rings. The number of nitrogens with one attached hydrogen (secondary N) is 1. The van der Waals surface area contributed by atoms with Crippen molar-refractivity contribution in [2.24, 2.45) is 0 Å². The Bertz CT molecular complexity index is 827. The average Bonchev–Trinajstić information content (AvgIpc) is 2.59. The van der Waals surface area contributed by atoms with Gasteiger partial charge in [-0.3, -0.25) is 0 Å². The standard InChI is InChI=1S/C19H18BrNO2/c1-22-18-11-15(20)10-14(19(18)23-2)12-21-17-9-5-7-13-6-3-4-8-16(13)17/h3-11,21H,12H2,1-2H3. The van der Waals surface area contributed by atoms with Gasteiger partial charge in [0.2, 0.25) is 0 Å². The Hall–Kier alpha value is -2.20. The maximum atomic E-state index is 5.51. The molecule has 0 radical (unpaired) electrons. The summed E-state index contributed by atoms with van der Waals surface area (Å²) in [4.78, 5) is 0. The number of hydrogen-bond acceptors (Lipinski definition) is 3. The lowest BCUT2D eigenvalue weighted by Gasteiger charge is -2.15. The summed E-state index contributed by atoms with van der Waals surface area (Å²) < 4.78 is 11.9. The number of hydrogen-bond donors (Lipinski definition) is 1. The fraction of sp³-hybridized carbons (Fsp3) is 0.158. The fourth-order valence-electron chi connectivity index (χ4n) is 2.71. The molecule has 0 heterocycles. The molecule has 3 aromatic carbocycles. The summed E-state index contributed by atoms with van der Waals surface area (Å²) in [6.07, 6.45) is 0. The van der Waals surface area contributed by atoms with Gasteiger partial charge in [0.05, 0.1) is 14.2 Å². The lowest BCUT2D eigenvalue weighted by molar-refractivity contribution is 0.352. The largest absolute Gasteiger partial charge is 0.493 e. The molecule has 1 N–H and O–H groups in total. The predicted molar refractivity (Wildman–Crippen MR) is 98.5 cm³/mol. The second-order valence-electron chi connectivity index (χ2n) is 5.18. The van der Waals surface area contributed by atoms with Crippen LogP contribution in [0.3, 0.4) is 0 Å². The van der Waals surface area contributed by atoms with Crippen LogP contribution in [-0.2, 0) is 6.54 Å². The molecule has 0 amide bonds. The monoisotopic (exact) mass is 371 g/mol. The van der Waals surface area contributed by atoms with E-state index in [2.05, 4.69) is 57.6 Å². The number of fused-ring (bicyclic) bond motifs is 1. The van der Waals surface area contributed by atoms with E-state index in [0.717, 1.165) is 27.2 Å². The topological polar surface area (TPSA) is 30.5 Å². The highest BCUT2D eigenvalue weighted by Crippen LogP contribution is 2.35. The van der Waals surface area contributed by atoms with Gasteiger partial charge in [0.1, 0.15) is 0 Å². The van der Waals surface area contributed by atoms with E-state index < -0.39 is 0 Å². The highest BCUT2D eigenvalue weighted by Gasteiger charge is 2.12. The molecular formula is C19H18BrNO2. The van der Waals surface area contributed by atoms with Gasteiger partial charge >= 0.3 is 0 Å². The van der Waals surface area contributed by atoms with Crippen LogP contribution in [0.5, 0.6) is 11.5 Å². The molecule has 3 aromatic rings. The van der Waals surface area contributed by atoms with Gasteiger partial charge < -0.3 is 14.8 Å². The lowest BCUT2D eigenvalue weighted by Crippen LogP contribution is -2.03. The van der Waals surface area contributed by atoms with Crippen molar-refractivity contribution in [3.63, 3.8) is 0 Å². The molecule has 0 saturated carbocycles. The molecule has 3 nitrogen and oxygen atoms in total. The quantitative estimate of drug-likeness (QED) is 0.665. The summed E-state index contributed by atoms with van der Waals surface area (Å²) in [7, 11) is 3.30. The van der Waals surface area contributed by atoms with Crippen LogP contribution in [0.25, 0.3) is 10.8 Å². The number of methoxy groups -OCH3 is 2. The molecule has 0 unspecified atom stereocenters. The van der Waals surface area contributed by atoms with Crippen molar-refractivity contribution < 1.29 is 9.47 Å². The summed E-state index contributed by atoms with van der Waals surface area (Å²) in [5, 5.41) is 5.92. The molecular weight excluding hydrogens is 354 g/mol. The first-order chi connectivity index (χ1) is 11.2. The smallest absolute Gasteiger partial charge is 0.165 e. The molecule has 0 saturated heterocycles. The first kappa shape index (κ1) is 15.7. The number of anilines is 1. The zero-order valence-electron chi connectivity index (χ0n) is 13.1. The van der Waals surface area contributed by atoms with Gasteiger partial charge in [-0.25, -0.2) is 0 Å². The summed E-state index contributed by atoms with van der Waals surface area (Å²) in [5.41, 5.74) is 2.13. The van der Waals surface area contributed by atoms with Crippen molar-refractivity contribution in [1.82, 2.24) is 0 Å². The fourth-order valence-corrected chi connectivity index (χ4v) is 3.19. The van der Waals surface area contributed by atoms with Crippen molar-refractivity contribution in [2.45, 2.75) is 6.54 Å². The molecule has 0 atom stereocenters. The van der Waals surface area contributed by atoms with E-state index in [0.29, 0.717) is 6.54 Å². The Morgan fingerprint density at radius 3 is 2.52 bits per heavy atom. The van der Waals surface area contributed by atoms with Crippen LogP contribution in [0, 0.1) is 0 Å². The first-order valence-corrected chi connectivity index (χ1v) is 8.14. The Kier molecular flexibility index (Phi) is 4.72. The second kappa shape index (κ2) is 6.92. The van der Waals surface area contributed by atoms with Gasteiger partial charge in [0, 0.05) is 27.7 Å². The Balaban J connectivity index is 1.92. The third-order valence-corrected chi connectivity index (χ3v) is 4.24. The van der Waals surface area contributed by atoms with E-state index in [9.17, 15) is 0 Å². The zero-order chi connectivity index (χ0) is 16.2. The summed E-state index contributed by atoms with van der Waals surface area (Å²) in [6.45, 7) is 0.646. The van der Waals surface area contributed by atoms with Crippen LogP contribution in [-0.4, -0.2) is 14.2 Å². The van der Waals surface area contributed by atoms with Crippen LogP contribution in [0.1, 0.15) is 5.56 Å².